The molecule has 0 radical (unpaired) electrons. The number of halogens is 3. The van der Waals surface area contributed by atoms with Gasteiger partial charge in [0.25, 0.3) is 0 Å². The number of aromatic nitrogens is 1. The Bertz CT molecular complexity index is 767. The van der Waals surface area contributed by atoms with Crippen LogP contribution in [0.15, 0.2) is 35.1 Å². The standard InChI is InChI=1S/C16H13BrF2N4/c17-13-10-21-9-11(8-20)16(13)23-5-3-22(4-6-23)15-2-1-12(18)7-14(15)19/h1-2,7,9-10H,3-6H2. The quantitative estimate of drug-likeness (QED) is 0.803. The predicted octanol–water partition coefficient (Wildman–Crippen LogP) is 3.32. The molecule has 0 saturated carbocycles. The maximum Gasteiger partial charge on any atom is 0.149 e. The molecule has 0 spiro atoms. The summed E-state index contributed by atoms with van der Waals surface area (Å²) in [6, 6.07) is 5.76. The van der Waals surface area contributed by atoms with E-state index in [0.29, 0.717) is 37.4 Å². The molecule has 0 atom stereocenters. The van der Waals surface area contributed by atoms with E-state index in [0.717, 1.165) is 16.2 Å². The highest BCUT2D eigenvalue weighted by atomic mass is 79.9. The molecule has 23 heavy (non-hydrogen) atoms. The SMILES string of the molecule is N#Cc1cncc(Br)c1N1CCN(c2ccc(F)cc2F)CC1. The minimum Gasteiger partial charge on any atom is -0.366 e. The smallest absolute Gasteiger partial charge is 0.149 e. The van der Waals surface area contributed by atoms with Crippen molar-refractivity contribution >= 4 is 27.3 Å². The molecular weight excluding hydrogens is 366 g/mol. The van der Waals surface area contributed by atoms with Crippen molar-refractivity contribution in [1.29, 1.82) is 5.26 Å². The Morgan fingerprint density at radius 2 is 1.78 bits per heavy atom. The molecule has 0 bridgehead atoms. The van der Waals surface area contributed by atoms with Gasteiger partial charge in [-0.2, -0.15) is 5.26 Å². The first-order valence-corrected chi connectivity index (χ1v) is 7.88. The molecule has 118 valence electrons. The number of nitriles is 1. The fourth-order valence-electron chi connectivity index (χ4n) is 2.74. The molecule has 1 aliphatic heterocycles. The highest BCUT2D eigenvalue weighted by molar-refractivity contribution is 9.10. The number of pyridine rings is 1. The Morgan fingerprint density at radius 3 is 2.43 bits per heavy atom. The predicted molar refractivity (Wildman–Crippen MR) is 87.4 cm³/mol. The molecule has 2 aromatic rings. The van der Waals surface area contributed by atoms with Gasteiger partial charge in [-0.05, 0) is 28.1 Å². The number of rotatable bonds is 2. The second kappa shape index (κ2) is 6.50. The summed E-state index contributed by atoms with van der Waals surface area (Å²) in [5, 5.41) is 9.23. The van der Waals surface area contributed by atoms with E-state index in [1.807, 2.05) is 4.90 Å². The second-order valence-electron chi connectivity index (χ2n) is 5.20. The molecule has 1 fully saturated rings. The van der Waals surface area contributed by atoms with Crippen LogP contribution in [-0.2, 0) is 0 Å². The van der Waals surface area contributed by atoms with E-state index in [-0.39, 0.29) is 0 Å². The van der Waals surface area contributed by atoms with Gasteiger partial charge in [0.05, 0.1) is 21.4 Å². The van der Waals surface area contributed by atoms with Crippen LogP contribution in [0.25, 0.3) is 0 Å². The normalized spacial score (nSPS) is 14.7. The lowest BCUT2D eigenvalue weighted by Gasteiger charge is -2.38. The Morgan fingerprint density at radius 1 is 1.09 bits per heavy atom. The minimum absolute atomic E-state index is 0.403. The summed E-state index contributed by atoms with van der Waals surface area (Å²) >= 11 is 3.43. The molecule has 2 heterocycles. The van der Waals surface area contributed by atoms with Crippen molar-refractivity contribution in [3.63, 3.8) is 0 Å². The number of hydrogen-bond donors (Lipinski definition) is 0. The highest BCUT2D eigenvalue weighted by Gasteiger charge is 2.23. The van der Waals surface area contributed by atoms with Gasteiger partial charge in [0.15, 0.2) is 0 Å². The van der Waals surface area contributed by atoms with Crippen molar-refractivity contribution < 1.29 is 8.78 Å². The van der Waals surface area contributed by atoms with Gasteiger partial charge in [0.1, 0.15) is 17.7 Å². The number of nitrogens with zero attached hydrogens (tertiary/aromatic N) is 4. The molecule has 0 unspecified atom stereocenters. The van der Waals surface area contributed by atoms with Crippen molar-refractivity contribution in [3.8, 4) is 6.07 Å². The Balaban J connectivity index is 1.78. The van der Waals surface area contributed by atoms with E-state index in [4.69, 9.17) is 0 Å². The van der Waals surface area contributed by atoms with Crippen molar-refractivity contribution in [2.24, 2.45) is 0 Å². The van der Waals surface area contributed by atoms with Gasteiger partial charge >= 0.3 is 0 Å². The molecule has 0 N–H and O–H groups in total. The van der Waals surface area contributed by atoms with Crippen molar-refractivity contribution in [3.05, 3.63) is 52.3 Å². The topological polar surface area (TPSA) is 43.2 Å². The maximum absolute atomic E-state index is 13.9. The third-order valence-corrected chi connectivity index (χ3v) is 4.42. The molecule has 1 saturated heterocycles. The Kier molecular flexibility index (Phi) is 4.44. The monoisotopic (exact) mass is 378 g/mol. The lowest BCUT2D eigenvalue weighted by Crippen LogP contribution is -2.47. The molecule has 3 rings (SSSR count). The first kappa shape index (κ1) is 15.7. The van der Waals surface area contributed by atoms with Crippen LogP contribution >= 0.6 is 15.9 Å². The molecule has 4 nitrogen and oxygen atoms in total. The highest BCUT2D eigenvalue weighted by Crippen LogP contribution is 2.31. The summed E-state index contributed by atoms with van der Waals surface area (Å²) in [6.45, 7) is 2.44. The first-order valence-electron chi connectivity index (χ1n) is 7.08. The molecule has 7 heteroatoms. The summed E-state index contributed by atoms with van der Waals surface area (Å²) < 4.78 is 27.7. The zero-order valence-corrected chi connectivity index (χ0v) is 13.7. The van der Waals surface area contributed by atoms with Gasteiger partial charge in [0.2, 0.25) is 0 Å². The number of benzene rings is 1. The summed E-state index contributed by atoms with van der Waals surface area (Å²) in [5.74, 6) is -1.13. The lowest BCUT2D eigenvalue weighted by atomic mass is 10.2. The van der Waals surface area contributed by atoms with E-state index in [1.54, 1.807) is 6.20 Å². The largest absolute Gasteiger partial charge is 0.366 e. The summed E-state index contributed by atoms with van der Waals surface area (Å²) in [4.78, 5) is 7.95. The van der Waals surface area contributed by atoms with Gasteiger partial charge in [-0.1, -0.05) is 0 Å². The van der Waals surface area contributed by atoms with Crippen LogP contribution < -0.4 is 9.80 Å². The number of piperazine rings is 1. The third kappa shape index (κ3) is 3.13. The van der Waals surface area contributed by atoms with Crippen molar-refractivity contribution in [2.75, 3.05) is 36.0 Å². The summed E-state index contributed by atoms with van der Waals surface area (Å²) in [6.07, 6.45) is 3.19. The van der Waals surface area contributed by atoms with Gasteiger partial charge in [-0.25, -0.2) is 8.78 Å². The fraction of sp³-hybridized carbons (Fsp3) is 0.250. The Hall–Kier alpha value is -2.20. The van der Waals surface area contributed by atoms with Crippen LogP contribution in [0.1, 0.15) is 5.56 Å². The average molecular weight is 379 g/mol. The van der Waals surface area contributed by atoms with Gasteiger partial charge < -0.3 is 9.80 Å². The van der Waals surface area contributed by atoms with Crippen LogP contribution in [0.3, 0.4) is 0 Å². The molecule has 1 aromatic heterocycles. The first-order chi connectivity index (χ1) is 11.1. The van der Waals surface area contributed by atoms with E-state index in [1.165, 1.54) is 18.3 Å². The minimum atomic E-state index is -0.579. The fourth-order valence-corrected chi connectivity index (χ4v) is 3.32. The second-order valence-corrected chi connectivity index (χ2v) is 6.05. The Labute approximate surface area is 141 Å². The van der Waals surface area contributed by atoms with Crippen molar-refractivity contribution in [1.82, 2.24) is 4.98 Å². The molecule has 0 aliphatic carbocycles. The summed E-state index contributed by atoms with van der Waals surface area (Å²) in [7, 11) is 0. The van der Waals surface area contributed by atoms with E-state index in [2.05, 4.69) is 31.9 Å². The van der Waals surface area contributed by atoms with Gasteiger partial charge in [-0.3, -0.25) is 4.98 Å². The average Bonchev–Trinajstić information content (AvgIpc) is 2.55. The van der Waals surface area contributed by atoms with Gasteiger partial charge in [0, 0.05) is 44.6 Å². The zero-order chi connectivity index (χ0) is 16.4. The lowest BCUT2D eigenvalue weighted by molar-refractivity contribution is 0.570. The van der Waals surface area contributed by atoms with Crippen LogP contribution in [0.4, 0.5) is 20.2 Å². The number of anilines is 2. The molecule has 1 aromatic carbocycles. The van der Waals surface area contributed by atoms with E-state index in [9.17, 15) is 14.0 Å². The molecule has 0 amide bonds. The van der Waals surface area contributed by atoms with E-state index >= 15 is 0 Å². The number of hydrogen-bond acceptors (Lipinski definition) is 4. The van der Waals surface area contributed by atoms with Gasteiger partial charge in [-0.15, -0.1) is 0 Å². The third-order valence-electron chi connectivity index (χ3n) is 3.84. The molecule has 1 aliphatic rings. The molecular formula is C16H13BrF2N4. The van der Waals surface area contributed by atoms with Crippen molar-refractivity contribution in [2.45, 2.75) is 0 Å². The van der Waals surface area contributed by atoms with Crippen LogP contribution in [-0.4, -0.2) is 31.2 Å². The van der Waals surface area contributed by atoms with E-state index < -0.39 is 11.6 Å². The summed E-state index contributed by atoms with van der Waals surface area (Å²) in [5.41, 5.74) is 1.71. The zero-order valence-electron chi connectivity index (χ0n) is 12.1. The van der Waals surface area contributed by atoms with Crippen LogP contribution in [0.5, 0.6) is 0 Å². The maximum atomic E-state index is 13.9. The van der Waals surface area contributed by atoms with Crippen LogP contribution in [0, 0.1) is 23.0 Å². The van der Waals surface area contributed by atoms with Crippen LogP contribution in [0.2, 0.25) is 0 Å².